The smallest absolute Gasteiger partial charge is 0.251 e. The second-order valence-corrected chi connectivity index (χ2v) is 6.61. The van der Waals surface area contributed by atoms with Gasteiger partial charge in [-0.15, -0.1) is 0 Å². The highest BCUT2D eigenvalue weighted by molar-refractivity contribution is 5.94. The molecule has 28 heavy (non-hydrogen) atoms. The van der Waals surface area contributed by atoms with Crippen LogP contribution in [-0.4, -0.2) is 32.1 Å². The van der Waals surface area contributed by atoms with Crippen LogP contribution in [0.25, 0.3) is 0 Å². The number of hydrogen-bond acceptors (Lipinski definition) is 3. The molecule has 150 valence electrons. The van der Waals surface area contributed by atoms with Gasteiger partial charge in [0.05, 0.1) is 7.11 Å². The van der Waals surface area contributed by atoms with Crippen molar-refractivity contribution < 1.29 is 9.53 Å². The zero-order valence-corrected chi connectivity index (χ0v) is 17.1. The maximum Gasteiger partial charge on any atom is 0.251 e. The third-order valence-corrected chi connectivity index (χ3v) is 4.48. The lowest BCUT2D eigenvalue weighted by molar-refractivity contribution is 0.0939. The number of carbonyl (C=O) groups excluding carboxylic acids is 1. The Morgan fingerprint density at radius 1 is 1.07 bits per heavy atom. The summed E-state index contributed by atoms with van der Waals surface area (Å²) in [6, 6.07) is 15.7. The number of amides is 1. The van der Waals surface area contributed by atoms with Crippen LogP contribution in [0.4, 0.5) is 0 Å². The van der Waals surface area contributed by atoms with Crippen LogP contribution < -0.4 is 20.7 Å². The van der Waals surface area contributed by atoms with E-state index in [-0.39, 0.29) is 11.9 Å². The molecule has 1 amide bonds. The molecule has 1 unspecified atom stereocenters. The van der Waals surface area contributed by atoms with Crippen LogP contribution in [-0.2, 0) is 13.1 Å². The molecule has 0 aliphatic carbocycles. The second kappa shape index (κ2) is 11.0. The zero-order valence-electron chi connectivity index (χ0n) is 17.1. The monoisotopic (exact) mass is 382 g/mol. The summed E-state index contributed by atoms with van der Waals surface area (Å²) in [6.45, 7) is 5.28. The third kappa shape index (κ3) is 6.61. The van der Waals surface area contributed by atoms with E-state index in [4.69, 9.17) is 4.74 Å². The highest BCUT2D eigenvalue weighted by Gasteiger charge is 2.09. The van der Waals surface area contributed by atoms with Crippen molar-refractivity contribution in [2.75, 3.05) is 14.2 Å². The highest BCUT2D eigenvalue weighted by atomic mass is 16.5. The van der Waals surface area contributed by atoms with Gasteiger partial charge in [-0.25, -0.2) is 0 Å². The number of guanidine groups is 1. The number of nitrogens with one attached hydrogen (secondary N) is 3. The van der Waals surface area contributed by atoms with Gasteiger partial charge in [-0.2, -0.15) is 0 Å². The van der Waals surface area contributed by atoms with Crippen molar-refractivity contribution in [1.29, 1.82) is 0 Å². The Balaban J connectivity index is 1.88. The first kappa shape index (κ1) is 21.3. The second-order valence-electron chi connectivity index (χ2n) is 6.61. The SMILES string of the molecule is CCC(C)NC(=O)c1cccc(CNC(=NC)NCc2ccc(OC)cc2)c1. The predicted octanol–water partition coefficient (Wildman–Crippen LogP) is 3.09. The molecular weight excluding hydrogens is 352 g/mol. The van der Waals surface area contributed by atoms with E-state index in [1.807, 2.05) is 55.5 Å². The van der Waals surface area contributed by atoms with E-state index < -0.39 is 0 Å². The van der Waals surface area contributed by atoms with E-state index in [9.17, 15) is 4.79 Å². The van der Waals surface area contributed by atoms with Crippen molar-refractivity contribution in [3.63, 3.8) is 0 Å². The van der Waals surface area contributed by atoms with Crippen LogP contribution in [0.2, 0.25) is 0 Å². The topological polar surface area (TPSA) is 74.8 Å². The Bertz CT molecular complexity index is 787. The molecule has 0 radical (unpaired) electrons. The first-order chi connectivity index (χ1) is 13.5. The van der Waals surface area contributed by atoms with Crippen molar-refractivity contribution in [2.24, 2.45) is 4.99 Å². The molecule has 6 nitrogen and oxygen atoms in total. The molecule has 3 N–H and O–H groups in total. The molecule has 1 atom stereocenters. The molecule has 0 spiro atoms. The Hall–Kier alpha value is -3.02. The Morgan fingerprint density at radius 2 is 1.75 bits per heavy atom. The Morgan fingerprint density at radius 3 is 2.36 bits per heavy atom. The summed E-state index contributed by atoms with van der Waals surface area (Å²) in [4.78, 5) is 16.5. The molecule has 0 saturated heterocycles. The highest BCUT2D eigenvalue weighted by Crippen LogP contribution is 2.11. The Kier molecular flexibility index (Phi) is 8.34. The van der Waals surface area contributed by atoms with E-state index >= 15 is 0 Å². The summed E-state index contributed by atoms with van der Waals surface area (Å²) in [5.74, 6) is 1.49. The lowest BCUT2D eigenvalue weighted by Gasteiger charge is -2.14. The molecule has 2 rings (SSSR count). The number of nitrogens with zero attached hydrogens (tertiary/aromatic N) is 1. The summed E-state index contributed by atoms with van der Waals surface area (Å²) >= 11 is 0. The average molecular weight is 383 g/mol. The maximum absolute atomic E-state index is 12.3. The van der Waals surface area contributed by atoms with Gasteiger partial charge in [0.1, 0.15) is 5.75 Å². The van der Waals surface area contributed by atoms with Gasteiger partial charge in [0, 0.05) is 31.7 Å². The number of benzene rings is 2. The Labute approximate surface area is 167 Å². The molecule has 0 aromatic heterocycles. The largest absolute Gasteiger partial charge is 0.497 e. The third-order valence-electron chi connectivity index (χ3n) is 4.48. The first-order valence-corrected chi connectivity index (χ1v) is 9.53. The van der Waals surface area contributed by atoms with Crippen LogP contribution in [0.15, 0.2) is 53.5 Å². The number of carbonyl (C=O) groups is 1. The molecule has 2 aromatic carbocycles. The van der Waals surface area contributed by atoms with Crippen LogP contribution >= 0.6 is 0 Å². The first-order valence-electron chi connectivity index (χ1n) is 9.53. The summed E-state index contributed by atoms with van der Waals surface area (Å²) in [6.07, 6.45) is 0.906. The summed E-state index contributed by atoms with van der Waals surface area (Å²) in [7, 11) is 3.39. The molecule has 0 bridgehead atoms. The lowest BCUT2D eigenvalue weighted by atomic mass is 10.1. The van der Waals surface area contributed by atoms with Crippen molar-refractivity contribution in [2.45, 2.75) is 39.4 Å². The molecule has 0 fully saturated rings. The minimum atomic E-state index is -0.0433. The van der Waals surface area contributed by atoms with Gasteiger partial charge in [-0.3, -0.25) is 9.79 Å². The van der Waals surface area contributed by atoms with Gasteiger partial charge in [0.25, 0.3) is 5.91 Å². The van der Waals surface area contributed by atoms with E-state index in [0.717, 1.165) is 23.3 Å². The number of rotatable bonds is 8. The normalized spacial score (nSPS) is 12.2. The number of hydrogen-bond donors (Lipinski definition) is 3. The molecule has 6 heteroatoms. The molecule has 0 aliphatic rings. The summed E-state index contributed by atoms with van der Waals surface area (Å²) in [5, 5.41) is 9.55. The molecule has 0 aliphatic heterocycles. The van der Waals surface area contributed by atoms with Crippen LogP contribution in [0.1, 0.15) is 41.8 Å². The number of methoxy groups -OCH3 is 1. The van der Waals surface area contributed by atoms with E-state index in [2.05, 4.69) is 27.9 Å². The van der Waals surface area contributed by atoms with Gasteiger partial charge in [-0.05, 0) is 48.7 Å². The predicted molar refractivity (Wildman–Crippen MR) is 114 cm³/mol. The van der Waals surface area contributed by atoms with Crippen LogP contribution in [0.3, 0.4) is 0 Å². The average Bonchev–Trinajstić information content (AvgIpc) is 2.74. The zero-order chi connectivity index (χ0) is 20.4. The van der Waals surface area contributed by atoms with Crippen molar-refractivity contribution >= 4 is 11.9 Å². The molecule has 0 saturated carbocycles. The van der Waals surface area contributed by atoms with Gasteiger partial charge in [0.2, 0.25) is 0 Å². The minimum Gasteiger partial charge on any atom is -0.497 e. The number of ether oxygens (including phenoxy) is 1. The van der Waals surface area contributed by atoms with Crippen LogP contribution in [0.5, 0.6) is 5.75 Å². The van der Waals surface area contributed by atoms with Crippen LogP contribution in [0, 0.1) is 0 Å². The summed E-state index contributed by atoms with van der Waals surface area (Å²) in [5.41, 5.74) is 2.82. The van der Waals surface area contributed by atoms with Gasteiger partial charge in [-0.1, -0.05) is 31.2 Å². The molecule has 2 aromatic rings. The fourth-order valence-corrected chi connectivity index (χ4v) is 2.57. The maximum atomic E-state index is 12.3. The standard InChI is InChI=1S/C22H30N4O2/c1-5-16(2)26-21(27)19-8-6-7-18(13-19)15-25-22(23-3)24-14-17-9-11-20(28-4)12-10-17/h6-13,16H,5,14-15H2,1-4H3,(H,26,27)(H2,23,24,25). The van der Waals surface area contributed by atoms with Crippen molar-refractivity contribution in [1.82, 2.24) is 16.0 Å². The van der Waals surface area contributed by atoms with Gasteiger partial charge < -0.3 is 20.7 Å². The van der Waals surface area contributed by atoms with E-state index in [1.165, 1.54) is 0 Å². The van der Waals surface area contributed by atoms with Crippen molar-refractivity contribution in [3.05, 3.63) is 65.2 Å². The number of aliphatic imine (C=N–C) groups is 1. The van der Waals surface area contributed by atoms with E-state index in [1.54, 1.807) is 14.2 Å². The fraction of sp³-hybridized carbons (Fsp3) is 0.364. The lowest BCUT2D eigenvalue weighted by Crippen LogP contribution is -2.36. The summed E-state index contributed by atoms with van der Waals surface area (Å²) < 4.78 is 5.17. The van der Waals surface area contributed by atoms with Gasteiger partial charge in [0.15, 0.2) is 5.96 Å². The van der Waals surface area contributed by atoms with E-state index in [0.29, 0.717) is 24.6 Å². The fourth-order valence-electron chi connectivity index (χ4n) is 2.57. The quantitative estimate of drug-likeness (QED) is 0.484. The minimum absolute atomic E-state index is 0.0433. The van der Waals surface area contributed by atoms with Gasteiger partial charge >= 0.3 is 0 Å². The molecular formula is C22H30N4O2. The van der Waals surface area contributed by atoms with Crippen molar-refractivity contribution in [3.8, 4) is 5.75 Å². The molecule has 0 heterocycles.